The fraction of sp³-hybridized carbons (Fsp3) is 0.579. The molecule has 2 fully saturated rings. The van der Waals surface area contributed by atoms with Gasteiger partial charge in [0.1, 0.15) is 6.04 Å². The van der Waals surface area contributed by atoms with Crippen LogP contribution in [0.4, 0.5) is 5.69 Å². The van der Waals surface area contributed by atoms with E-state index in [1.807, 2.05) is 0 Å². The lowest BCUT2D eigenvalue weighted by Crippen LogP contribution is -2.51. The van der Waals surface area contributed by atoms with Crippen LogP contribution in [0.1, 0.15) is 38.5 Å². The van der Waals surface area contributed by atoms with Crippen molar-refractivity contribution >= 4 is 23.9 Å². The highest BCUT2D eigenvalue weighted by Gasteiger charge is 2.38. The summed E-state index contributed by atoms with van der Waals surface area (Å²) in [5.74, 6) is -0.693. The lowest BCUT2D eigenvalue weighted by molar-refractivity contribution is -0.159. The molecule has 1 aliphatic carbocycles. The summed E-state index contributed by atoms with van der Waals surface area (Å²) in [6, 6.07) is 2.72. The average molecular weight is 389 g/mol. The Balaban J connectivity index is 1.68. The van der Waals surface area contributed by atoms with E-state index in [2.05, 4.69) is 15.7 Å². The van der Waals surface area contributed by atoms with E-state index in [9.17, 15) is 19.6 Å². The molecule has 152 valence electrons. The Hall–Kier alpha value is -2.52. The number of hydroxylamine groups is 2. The molecule has 1 saturated heterocycles. The molecular formula is C19H27N5O4. The minimum atomic E-state index is -0.643. The summed E-state index contributed by atoms with van der Waals surface area (Å²) in [5, 5.41) is 14.3. The molecule has 2 heterocycles. The summed E-state index contributed by atoms with van der Waals surface area (Å²) in [6.07, 6.45) is 8.94. The molecule has 0 radical (unpaired) electrons. The summed E-state index contributed by atoms with van der Waals surface area (Å²) in [4.78, 5) is 40.6. The van der Waals surface area contributed by atoms with Crippen molar-refractivity contribution in [2.75, 3.05) is 18.4 Å². The number of aromatic nitrogens is 1. The van der Waals surface area contributed by atoms with Crippen LogP contribution in [0.2, 0.25) is 0 Å². The van der Waals surface area contributed by atoms with Crippen LogP contribution in [0, 0.1) is 11.8 Å². The second kappa shape index (κ2) is 9.61. The van der Waals surface area contributed by atoms with E-state index < -0.39 is 12.0 Å². The molecule has 1 saturated carbocycles. The predicted octanol–water partition coefficient (Wildman–Crippen LogP) is 1.17. The van der Waals surface area contributed by atoms with E-state index in [0.717, 1.165) is 25.7 Å². The Morgan fingerprint density at radius 3 is 2.71 bits per heavy atom. The number of amides is 3. The first-order valence-electron chi connectivity index (χ1n) is 9.76. The van der Waals surface area contributed by atoms with Crippen molar-refractivity contribution < 1.29 is 19.6 Å². The molecule has 3 amide bonds. The van der Waals surface area contributed by atoms with Crippen LogP contribution in [0.5, 0.6) is 0 Å². The van der Waals surface area contributed by atoms with Crippen LogP contribution < -0.4 is 10.7 Å². The highest BCUT2D eigenvalue weighted by Crippen LogP contribution is 2.31. The van der Waals surface area contributed by atoms with Gasteiger partial charge in [-0.3, -0.25) is 29.6 Å². The molecule has 9 heteroatoms. The van der Waals surface area contributed by atoms with Crippen LogP contribution >= 0.6 is 0 Å². The Bertz CT molecular complexity index is 680. The van der Waals surface area contributed by atoms with E-state index in [1.54, 1.807) is 24.5 Å². The first kappa shape index (κ1) is 20.2. The molecule has 1 aliphatic heterocycles. The summed E-state index contributed by atoms with van der Waals surface area (Å²) in [7, 11) is 0. The van der Waals surface area contributed by atoms with Gasteiger partial charge in [-0.1, -0.05) is 25.7 Å². The van der Waals surface area contributed by atoms with Gasteiger partial charge in [-0.15, -0.1) is 0 Å². The number of hydrazine groups is 1. The molecule has 1 aromatic heterocycles. The number of nitrogens with one attached hydrogen (secondary N) is 2. The van der Waals surface area contributed by atoms with Crippen molar-refractivity contribution in [1.29, 1.82) is 0 Å². The molecule has 3 N–H and O–H groups in total. The van der Waals surface area contributed by atoms with Gasteiger partial charge in [-0.2, -0.15) is 0 Å². The summed E-state index contributed by atoms with van der Waals surface area (Å²) < 4.78 is 0. The largest absolute Gasteiger partial charge is 0.324 e. The minimum Gasteiger partial charge on any atom is -0.324 e. The smallest absolute Gasteiger partial charge is 0.248 e. The third-order valence-corrected chi connectivity index (χ3v) is 5.47. The van der Waals surface area contributed by atoms with Gasteiger partial charge < -0.3 is 5.32 Å². The molecular weight excluding hydrogens is 362 g/mol. The van der Waals surface area contributed by atoms with Crippen molar-refractivity contribution in [2.45, 2.75) is 44.6 Å². The molecule has 0 bridgehead atoms. The molecule has 2 aliphatic rings. The van der Waals surface area contributed by atoms with E-state index in [4.69, 9.17) is 0 Å². The molecule has 9 nitrogen and oxygen atoms in total. The van der Waals surface area contributed by atoms with Crippen LogP contribution in [0.15, 0.2) is 24.5 Å². The third kappa shape index (κ3) is 5.05. The number of hydrogen-bond donors (Lipinski definition) is 3. The summed E-state index contributed by atoms with van der Waals surface area (Å²) in [5.41, 5.74) is 3.61. The zero-order valence-corrected chi connectivity index (χ0v) is 15.8. The van der Waals surface area contributed by atoms with Crippen LogP contribution in [0.3, 0.4) is 0 Å². The van der Waals surface area contributed by atoms with Crippen molar-refractivity contribution in [3.05, 3.63) is 24.5 Å². The number of rotatable bonds is 8. The average Bonchev–Trinajstić information content (AvgIpc) is 3.39. The molecule has 3 rings (SSSR count). The van der Waals surface area contributed by atoms with Crippen molar-refractivity contribution in [3.8, 4) is 0 Å². The lowest BCUT2D eigenvalue weighted by Gasteiger charge is -2.29. The van der Waals surface area contributed by atoms with Gasteiger partial charge in [-0.25, -0.2) is 10.5 Å². The third-order valence-electron chi connectivity index (χ3n) is 5.47. The quantitative estimate of drug-likeness (QED) is 0.349. The molecule has 1 aromatic rings. The topological polar surface area (TPSA) is 115 Å². The lowest BCUT2D eigenvalue weighted by atomic mass is 9.92. The SMILES string of the molecule is O=CN(O)C[C@@H](CC1CCCC1)C(=O)N1NCC[C@H]1C(=O)Nc1ccncc1. The van der Waals surface area contributed by atoms with Gasteiger partial charge in [0.2, 0.25) is 18.2 Å². The predicted molar refractivity (Wildman–Crippen MR) is 101 cm³/mol. The van der Waals surface area contributed by atoms with E-state index in [0.29, 0.717) is 42.5 Å². The van der Waals surface area contributed by atoms with Gasteiger partial charge >= 0.3 is 0 Å². The van der Waals surface area contributed by atoms with Gasteiger partial charge in [0, 0.05) is 24.6 Å². The molecule has 28 heavy (non-hydrogen) atoms. The van der Waals surface area contributed by atoms with Gasteiger partial charge in [0.15, 0.2) is 0 Å². The highest BCUT2D eigenvalue weighted by atomic mass is 16.5. The number of nitrogens with zero attached hydrogens (tertiary/aromatic N) is 3. The Kier molecular flexibility index (Phi) is 6.94. The second-order valence-electron chi connectivity index (χ2n) is 7.46. The van der Waals surface area contributed by atoms with E-state index in [1.165, 1.54) is 5.01 Å². The van der Waals surface area contributed by atoms with Crippen LogP contribution in [-0.4, -0.2) is 57.6 Å². The maximum Gasteiger partial charge on any atom is 0.248 e. The molecule has 0 unspecified atom stereocenters. The first-order valence-corrected chi connectivity index (χ1v) is 9.76. The molecule has 2 atom stereocenters. The number of hydrogen-bond acceptors (Lipinski definition) is 6. The van der Waals surface area contributed by atoms with Crippen LogP contribution in [0.25, 0.3) is 0 Å². The minimum absolute atomic E-state index is 0.0737. The van der Waals surface area contributed by atoms with Crippen molar-refractivity contribution in [3.63, 3.8) is 0 Å². The number of carbonyl (C=O) groups is 3. The van der Waals surface area contributed by atoms with Gasteiger partial charge in [0.25, 0.3) is 0 Å². The monoisotopic (exact) mass is 389 g/mol. The number of anilines is 1. The number of pyridine rings is 1. The summed E-state index contributed by atoms with van der Waals surface area (Å²) in [6.45, 7) is 0.433. The maximum absolute atomic E-state index is 13.2. The normalized spacial score (nSPS) is 20.8. The van der Waals surface area contributed by atoms with Gasteiger partial charge in [-0.05, 0) is 30.9 Å². The van der Waals surface area contributed by atoms with Crippen molar-refractivity contribution in [2.24, 2.45) is 11.8 Å². The summed E-state index contributed by atoms with van der Waals surface area (Å²) >= 11 is 0. The standard InChI is InChI=1S/C19H27N5O4/c25-13-23(28)12-15(11-14-3-1-2-4-14)19(27)24-17(7-10-21-24)18(26)22-16-5-8-20-9-6-16/h5-6,8-9,13-15,17,21,28H,1-4,7,10-12H2,(H,20,22,26)/t15-,17+/m1/s1. The van der Waals surface area contributed by atoms with E-state index >= 15 is 0 Å². The Morgan fingerprint density at radius 2 is 2.04 bits per heavy atom. The highest BCUT2D eigenvalue weighted by molar-refractivity contribution is 5.97. The Morgan fingerprint density at radius 1 is 1.32 bits per heavy atom. The zero-order chi connectivity index (χ0) is 19.9. The second-order valence-corrected chi connectivity index (χ2v) is 7.46. The van der Waals surface area contributed by atoms with Crippen molar-refractivity contribution in [1.82, 2.24) is 20.5 Å². The number of carbonyl (C=O) groups excluding carboxylic acids is 3. The fourth-order valence-electron chi connectivity index (χ4n) is 4.07. The van der Waals surface area contributed by atoms with Gasteiger partial charge in [0.05, 0.1) is 12.5 Å². The molecule has 0 aromatic carbocycles. The Labute approximate surface area is 164 Å². The fourth-order valence-corrected chi connectivity index (χ4v) is 4.07. The first-order chi connectivity index (χ1) is 13.6. The maximum atomic E-state index is 13.2. The van der Waals surface area contributed by atoms with E-state index in [-0.39, 0.29) is 18.4 Å². The van der Waals surface area contributed by atoms with Crippen LogP contribution in [-0.2, 0) is 14.4 Å². The zero-order valence-electron chi connectivity index (χ0n) is 15.8. The molecule has 0 spiro atoms.